The van der Waals surface area contributed by atoms with E-state index in [2.05, 4.69) is 29.9 Å². The van der Waals surface area contributed by atoms with Crippen molar-refractivity contribution in [2.24, 2.45) is 5.41 Å². The first kappa shape index (κ1) is 8.10. The first-order chi connectivity index (χ1) is 6.07. The maximum atomic E-state index is 11.0. The Hall–Kier alpha value is -1.51. The van der Waals surface area contributed by atoms with Crippen LogP contribution in [0.1, 0.15) is 13.8 Å². The zero-order valence-electron chi connectivity index (χ0n) is 7.72. The summed E-state index contributed by atoms with van der Waals surface area (Å²) in [5.41, 5.74) is -0.157. The summed E-state index contributed by atoms with van der Waals surface area (Å²) in [5, 5.41) is 1.73. The molecule has 0 amide bonds. The Balaban J connectivity index is 2.83. The standard InChI is InChI=1S/C10H12N2O/c1-10(2)5-3-4-7-8(6-10)12-9(13)11-7/h3-6H,1-2H3,(H2,11,12,13). The van der Waals surface area contributed by atoms with Gasteiger partial charge in [-0.3, -0.25) is 0 Å². The van der Waals surface area contributed by atoms with Crippen LogP contribution in [0.15, 0.2) is 16.9 Å². The third kappa shape index (κ3) is 1.49. The minimum absolute atomic E-state index is 0.00706. The number of H-pyrrole nitrogens is 2. The summed E-state index contributed by atoms with van der Waals surface area (Å²) < 4.78 is 0. The predicted molar refractivity (Wildman–Crippen MR) is 52.5 cm³/mol. The number of aromatic nitrogens is 2. The van der Waals surface area contributed by atoms with Crippen LogP contribution in [0.2, 0.25) is 0 Å². The zero-order chi connectivity index (χ0) is 9.47. The first-order valence-electron chi connectivity index (χ1n) is 4.28. The molecule has 0 spiro atoms. The summed E-state index contributed by atoms with van der Waals surface area (Å²) in [6, 6.07) is 0. The van der Waals surface area contributed by atoms with E-state index in [-0.39, 0.29) is 11.1 Å². The minimum Gasteiger partial charge on any atom is -0.306 e. The van der Waals surface area contributed by atoms with Gasteiger partial charge in [-0.1, -0.05) is 26.0 Å². The fraction of sp³-hybridized carbons (Fsp3) is 0.300. The van der Waals surface area contributed by atoms with Gasteiger partial charge in [0, 0.05) is 5.41 Å². The van der Waals surface area contributed by atoms with Gasteiger partial charge in [0.1, 0.15) is 0 Å². The smallest absolute Gasteiger partial charge is 0.306 e. The molecule has 0 atom stereocenters. The maximum absolute atomic E-state index is 11.0. The number of nitrogens with one attached hydrogen (secondary N) is 2. The maximum Gasteiger partial charge on any atom is 0.323 e. The quantitative estimate of drug-likeness (QED) is 0.568. The van der Waals surface area contributed by atoms with Gasteiger partial charge in [-0.05, 0) is 12.2 Å². The van der Waals surface area contributed by atoms with Gasteiger partial charge in [-0.25, -0.2) is 4.79 Å². The molecule has 2 N–H and O–H groups in total. The number of hydrogen-bond donors (Lipinski definition) is 2. The van der Waals surface area contributed by atoms with Crippen LogP contribution < -0.4 is 16.4 Å². The highest BCUT2D eigenvalue weighted by Gasteiger charge is 2.11. The number of aromatic amines is 2. The molecular formula is C10H12N2O. The Morgan fingerprint density at radius 1 is 1.23 bits per heavy atom. The van der Waals surface area contributed by atoms with E-state index in [0.717, 1.165) is 10.7 Å². The number of fused-ring (bicyclic) bond motifs is 1. The van der Waals surface area contributed by atoms with Gasteiger partial charge in [0.25, 0.3) is 0 Å². The van der Waals surface area contributed by atoms with E-state index >= 15 is 0 Å². The largest absolute Gasteiger partial charge is 0.323 e. The van der Waals surface area contributed by atoms with Gasteiger partial charge in [0.05, 0.1) is 10.7 Å². The number of rotatable bonds is 0. The minimum atomic E-state index is -0.149. The van der Waals surface area contributed by atoms with Crippen molar-refractivity contribution < 1.29 is 0 Å². The number of allylic oxidation sites excluding steroid dienone is 2. The highest BCUT2D eigenvalue weighted by Crippen LogP contribution is 2.18. The molecule has 1 aliphatic rings. The van der Waals surface area contributed by atoms with E-state index in [0.29, 0.717) is 0 Å². The lowest BCUT2D eigenvalue weighted by Gasteiger charge is -2.11. The van der Waals surface area contributed by atoms with E-state index in [1.165, 1.54) is 0 Å². The van der Waals surface area contributed by atoms with Crippen molar-refractivity contribution in [1.29, 1.82) is 0 Å². The van der Waals surface area contributed by atoms with Crippen LogP contribution in [0, 0.1) is 5.41 Å². The molecule has 68 valence electrons. The van der Waals surface area contributed by atoms with Gasteiger partial charge in [0.15, 0.2) is 0 Å². The lowest BCUT2D eigenvalue weighted by molar-refractivity contribution is 0.669. The molecule has 1 aliphatic carbocycles. The molecule has 2 rings (SSSR count). The lowest BCUT2D eigenvalue weighted by atomic mass is 9.93. The fourth-order valence-electron chi connectivity index (χ4n) is 1.47. The van der Waals surface area contributed by atoms with E-state index in [1.807, 2.05) is 18.2 Å². The van der Waals surface area contributed by atoms with Crippen molar-refractivity contribution in [2.45, 2.75) is 13.8 Å². The zero-order valence-corrected chi connectivity index (χ0v) is 7.72. The second-order valence-corrected chi connectivity index (χ2v) is 3.90. The van der Waals surface area contributed by atoms with Crippen molar-refractivity contribution in [3.05, 3.63) is 33.3 Å². The molecule has 3 nitrogen and oxygen atoms in total. The second-order valence-electron chi connectivity index (χ2n) is 3.90. The van der Waals surface area contributed by atoms with Crippen LogP contribution in [-0.4, -0.2) is 9.97 Å². The van der Waals surface area contributed by atoms with E-state index in [9.17, 15) is 4.79 Å². The van der Waals surface area contributed by atoms with Crippen molar-refractivity contribution in [1.82, 2.24) is 9.97 Å². The monoisotopic (exact) mass is 176 g/mol. The second kappa shape index (κ2) is 2.49. The van der Waals surface area contributed by atoms with Gasteiger partial charge >= 0.3 is 5.69 Å². The van der Waals surface area contributed by atoms with Crippen LogP contribution in [0.3, 0.4) is 0 Å². The first-order valence-corrected chi connectivity index (χ1v) is 4.28. The van der Waals surface area contributed by atoms with Crippen molar-refractivity contribution >= 4 is 12.2 Å². The molecule has 3 heteroatoms. The van der Waals surface area contributed by atoms with Crippen molar-refractivity contribution in [2.75, 3.05) is 0 Å². The normalized spacial score (nSPS) is 18.3. The topological polar surface area (TPSA) is 48.6 Å². The Kier molecular flexibility index (Phi) is 1.55. The lowest BCUT2D eigenvalue weighted by Crippen LogP contribution is -2.25. The SMILES string of the molecule is CC1(C)C=CC=c2[nH]c(=O)[nH]c2=C1. The molecule has 0 bridgehead atoms. The molecule has 13 heavy (non-hydrogen) atoms. The number of imidazole rings is 1. The molecule has 0 fully saturated rings. The molecule has 0 saturated carbocycles. The summed E-state index contributed by atoms with van der Waals surface area (Å²) in [6.07, 6.45) is 8.00. The van der Waals surface area contributed by atoms with Gasteiger partial charge in [-0.15, -0.1) is 0 Å². The van der Waals surface area contributed by atoms with Crippen LogP contribution in [0.5, 0.6) is 0 Å². The highest BCUT2D eigenvalue weighted by molar-refractivity contribution is 5.45. The number of hydrogen-bond acceptors (Lipinski definition) is 1. The summed E-state index contributed by atoms with van der Waals surface area (Å²) >= 11 is 0. The van der Waals surface area contributed by atoms with E-state index in [4.69, 9.17) is 0 Å². The average Bonchev–Trinajstić information content (AvgIpc) is 2.23. The predicted octanol–water partition coefficient (Wildman–Crippen LogP) is -0.140. The molecule has 1 heterocycles. The Bertz CT molecular complexity index is 514. The van der Waals surface area contributed by atoms with Gasteiger partial charge in [0.2, 0.25) is 0 Å². The van der Waals surface area contributed by atoms with Crippen LogP contribution in [-0.2, 0) is 0 Å². The molecule has 0 aromatic carbocycles. The summed E-state index contributed by atoms with van der Waals surface area (Å²) in [6.45, 7) is 4.19. The highest BCUT2D eigenvalue weighted by atomic mass is 16.1. The average molecular weight is 176 g/mol. The molecule has 1 aromatic rings. The Morgan fingerprint density at radius 3 is 2.69 bits per heavy atom. The third-order valence-corrected chi connectivity index (χ3v) is 2.09. The summed E-state index contributed by atoms with van der Waals surface area (Å²) in [4.78, 5) is 16.5. The fourth-order valence-corrected chi connectivity index (χ4v) is 1.47. The molecule has 0 unspecified atom stereocenters. The third-order valence-electron chi connectivity index (χ3n) is 2.09. The van der Waals surface area contributed by atoms with Crippen molar-refractivity contribution in [3.63, 3.8) is 0 Å². The van der Waals surface area contributed by atoms with Crippen LogP contribution in [0.25, 0.3) is 12.2 Å². The van der Waals surface area contributed by atoms with E-state index < -0.39 is 0 Å². The van der Waals surface area contributed by atoms with Crippen LogP contribution >= 0.6 is 0 Å². The van der Waals surface area contributed by atoms with Gasteiger partial charge < -0.3 is 9.97 Å². The molecule has 0 radical (unpaired) electrons. The molecule has 0 saturated heterocycles. The summed E-state index contributed by atoms with van der Waals surface area (Å²) in [7, 11) is 0. The Labute approximate surface area is 75.5 Å². The van der Waals surface area contributed by atoms with Crippen LogP contribution in [0.4, 0.5) is 0 Å². The molecule has 0 aliphatic heterocycles. The van der Waals surface area contributed by atoms with Gasteiger partial charge in [-0.2, -0.15) is 0 Å². The Morgan fingerprint density at radius 2 is 1.92 bits per heavy atom. The summed E-state index contributed by atoms with van der Waals surface area (Å²) in [5.74, 6) is 0. The van der Waals surface area contributed by atoms with E-state index in [1.54, 1.807) is 0 Å². The van der Waals surface area contributed by atoms with Crippen molar-refractivity contribution in [3.8, 4) is 0 Å². The molecule has 1 aromatic heterocycles. The molecular weight excluding hydrogens is 164 g/mol.